The second-order valence-corrected chi connectivity index (χ2v) is 8.83. The minimum Gasteiger partial charge on any atom is -0.358 e. The molecule has 5 heteroatoms. The highest BCUT2D eigenvalue weighted by molar-refractivity contribution is 9.10. The van der Waals surface area contributed by atoms with E-state index in [-0.39, 0.29) is 0 Å². The molecule has 0 saturated carbocycles. The van der Waals surface area contributed by atoms with Crippen LogP contribution in [0.25, 0.3) is 44.8 Å². The number of H-pyrrole nitrogens is 2. The van der Waals surface area contributed by atoms with Gasteiger partial charge in [0.25, 0.3) is 0 Å². The SMILES string of the molecule is Cc1[nH]c2ccc(Br)cc2c1-c1nc(-c2ccccc2)c(-c2ccc(Br)cc2)[nH]1. The minimum absolute atomic E-state index is 0.864. The molecule has 0 aliphatic carbocycles. The van der Waals surface area contributed by atoms with Crippen molar-refractivity contribution >= 4 is 42.8 Å². The van der Waals surface area contributed by atoms with Crippen LogP contribution >= 0.6 is 31.9 Å². The molecule has 0 bridgehead atoms. The number of aromatic nitrogens is 3. The maximum Gasteiger partial charge on any atom is 0.140 e. The number of nitrogens with one attached hydrogen (secondary N) is 2. The summed E-state index contributed by atoms with van der Waals surface area (Å²) in [6.07, 6.45) is 0. The summed E-state index contributed by atoms with van der Waals surface area (Å²) in [5, 5.41) is 1.15. The van der Waals surface area contributed by atoms with Gasteiger partial charge in [0.15, 0.2) is 0 Å². The molecule has 0 spiro atoms. The summed E-state index contributed by atoms with van der Waals surface area (Å²) in [7, 11) is 0. The molecule has 0 aliphatic heterocycles. The van der Waals surface area contributed by atoms with Crippen LogP contribution in [0.1, 0.15) is 5.69 Å². The van der Waals surface area contributed by atoms with Gasteiger partial charge in [0, 0.05) is 42.2 Å². The van der Waals surface area contributed by atoms with Crippen molar-refractivity contribution in [3.8, 4) is 33.9 Å². The Hall–Kier alpha value is -2.63. The van der Waals surface area contributed by atoms with E-state index >= 15 is 0 Å². The van der Waals surface area contributed by atoms with Crippen LogP contribution in [0.5, 0.6) is 0 Å². The molecular weight excluding hydrogens is 490 g/mol. The van der Waals surface area contributed by atoms with Gasteiger partial charge in [-0.15, -0.1) is 0 Å². The number of aromatic amines is 2. The van der Waals surface area contributed by atoms with Gasteiger partial charge in [-0.2, -0.15) is 0 Å². The van der Waals surface area contributed by atoms with Crippen LogP contribution in [0.4, 0.5) is 0 Å². The number of nitrogens with zero attached hydrogens (tertiary/aromatic N) is 1. The van der Waals surface area contributed by atoms with E-state index in [0.29, 0.717) is 0 Å². The quantitative estimate of drug-likeness (QED) is 0.258. The number of imidazole rings is 1. The van der Waals surface area contributed by atoms with Gasteiger partial charge >= 0.3 is 0 Å². The fourth-order valence-electron chi connectivity index (χ4n) is 3.73. The minimum atomic E-state index is 0.864. The molecule has 0 fully saturated rings. The molecule has 0 radical (unpaired) electrons. The Labute approximate surface area is 185 Å². The van der Waals surface area contributed by atoms with Gasteiger partial charge in [-0.25, -0.2) is 4.98 Å². The molecule has 3 aromatic carbocycles. The lowest BCUT2D eigenvalue weighted by Crippen LogP contribution is -1.83. The lowest BCUT2D eigenvalue weighted by Gasteiger charge is -2.03. The predicted molar refractivity (Wildman–Crippen MR) is 127 cm³/mol. The molecule has 3 nitrogen and oxygen atoms in total. The Bertz CT molecular complexity index is 1320. The number of aryl methyl sites for hydroxylation is 1. The van der Waals surface area contributed by atoms with Crippen LogP contribution in [-0.4, -0.2) is 15.0 Å². The maximum absolute atomic E-state index is 5.06. The first-order valence-corrected chi connectivity index (χ1v) is 10.9. The molecule has 0 amide bonds. The first kappa shape index (κ1) is 18.4. The molecule has 0 saturated heterocycles. The van der Waals surface area contributed by atoms with E-state index in [4.69, 9.17) is 4.98 Å². The molecule has 0 aliphatic rings. The van der Waals surface area contributed by atoms with Gasteiger partial charge in [-0.1, -0.05) is 74.3 Å². The zero-order chi connectivity index (χ0) is 20.0. The number of benzene rings is 3. The van der Waals surface area contributed by atoms with Crippen molar-refractivity contribution in [1.29, 1.82) is 0 Å². The monoisotopic (exact) mass is 505 g/mol. The van der Waals surface area contributed by atoms with Crippen LogP contribution in [-0.2, 0) is 0 Å². The van der Waals surface area contributed by atoms with Crippen molar-refractivity contribution < 1.29 is 0 Å². The normalized spacial score (nSPS) is 11.3. The Morgan fingerprint density at radius 2 is 1.48 bits per heavy atom. The fraction of sp³-hybridized carbons (Fsp3) is 0.0417. The molecule has 29 heavy (non-hydrogen) atoms. The van der Waals surface area contributed by atoms with E-state index in [2.05, 4.69) is 97.3 Å². The number of hydrogen-bond acceptors (Lipinski definition) is 1. The molecule has 142 valence electrons. The maximum atomic E-state index is 5.06. The number of hydrogen-bond donors (Lipinski definition) is 2. The van der Waals surface area contributed by atoms with Crippen LogP contribution in [0.2, 0.25) is 0 Å². The van der Waals surface area contributed by atoms with Crippen molar-refractivity contribution in [2.75, 3.05) is 0 Å². The van der Waals surface area contributed by atoms with Crippen LogP contribution in [0.15, 0.2) is 81.7 Å². The van der Waals surface area contributed by atoms with Gasteiger partial charge in [-0.05, 0) is 37.3 Å². The zero-order valence-electron chi connectivity index (χ0n) is 15.6. The molecule has 2 N–H and O–H groups in total. The summed E-state index contributed by atoms with van der Waals surface area (Å²) < 4.78 is 2.10. The molecule has 2 heterocycles. The highest BCUT2D eigenvalue weighted by atomic mass is 79.9. The Balaban J connectivity index is 1.77. The zero-order valence-corrected chi connectivity index (χ0v) is 18.8. The standard InChI is InChI=1S/C24H17Br2N3/c1-14-21(19-13-18(26)11-12-20(19)27-14)24-28-22(15-5-3-2-4-6-15)23(29-24)16-7-9-17(25)10-8-16/h2-13,27H,1H3,(H,28,29). The van der Waals surface area contributed by atoms with E-state index in [0.717, 1.165) is 59.4 Å². The van der Waals surface area contributed by atoms with Crippen molar-refractivity contribution in [2.45, 2.75) is 6.92 Å². The van der Waals surface area contributed by atoms with Crippen molar-refractivity contribution in [1.82, 2.24) is 15.0 Å². The van der Waals surface area contributed by atoms with E-state index in [1.807, 2.05) is 24.3 Å². The van der Waals surface area contributed by atoms with Crippen molar-refractivity contribution in [3.63, 3.8) is 0 Å². The first-order chi connectivity index (χ1) is 14.1. The van der Waals surface area contributed by atoms with Gasteiger partial charge in [0.2, 0.25) is 0 Å². The summed E-state index contributed by atoms with van der Waals surface area (Å²) in [4.78, 5) is 12.2. The summed E-state index contributed by atoms with van der Waals surface area (Å²) in [5.74, 6) is 0.864. The third-order valence-electron chi connectivity index (χ3n) is 5.07. The Morgan fingerprint density at radius 1 is 0.759 bits per heavy atom. The Kier molecular flexibility index (Phi) is 4.64. The number of fused-ring (bicyclic) bond motifs is 1. The molecule has 0 unspecified atom stereocenters. The average molecular weight is 507 g/mol. The van der Waals surface area contributed by atoms with Crippen molar-refractivity contribution in [2.24, 2.45) is 0 Å². The van der Waals surface area contributed by atoms with Gasteiger partial charge in [0.05, 0.1) is 11.4 Å². The third-order valence-corrected chi connectivity index (χ3v) is 6.09. The van der Waals surface area contributed by atoms with Gasteiger partial charge in [-0.3, -0.25) is 0 Å². The second-order valence-electron chi connectivity index (χ2n) is 7.00. The number of halogens is 2. The van der Waals surface area contributed by atoms with Crippen molar-refractivity contribution in [3.05, 3.63) is 87.4 Å². The van der Waals surface area contributed by atoms with E-state index in [1.54, 1.807) is 0 Å². The summed E-state index contributed by atoms with van der Waals surface area (Å²) in [6, 6.07) is 24.9. The highest BCUT2D eigenvalue weighted by Crippen LogP contribution is 2.37. The molecule has 2 aromatic heterocycles. The lowest BCUT2D eigenvalue weighted by molar-refractivity contribution is 1.25. The molecular formula is C24H17Br2N3. The van der Waals surface area contributed by atoms with E-state index < -0.39 is 0 Å². The molecule has 5 aromatic rings. The van der Waals surface area contributed by atoms with Crippen LogP contribution in [0.3, 0.4) is 0 Å². The van der Waals surface area contributed by atoms with Crippen LogP contribution < -0.4 is 0 Å². The van der Waals surface area contributed by atoms with E-state index in [1.165, 1.54) is 0 Å². The lowest BCUT2D eigenvalue weighted by atomic mass is 10.1. The smallest absolute Gasteiger partial charge is 0.140 e. The fourth-order valence-corrected chi connectivity index (χ4v) is 4.35. The highest BCUT2D eigenvalue weighted by Gasteiger charge is 2.19. The largest absolute Gasteiger partial charge is 0.358 e. The predicted octanol–water partition coefficient (Wildman–Crippen LogP) is 7.73. The topological polar surface area (TPSA) is 44.5 Å². The van der Waals surface area contributed by atoms with E-state index in [9.17, 15) is 0 Å². The first-order valence-electron chi connectivity index (χ1n) is 9.30. The molecule has 0 atom stereocenters. The van der Waals surface area contributed by atoms with Crippen LogP contribution in [0, 0.1) is 6.92 Å². The number of rotatable bonds is 3. The van der Waals surface area contributed by atoms with Gasteiger partial charge < -0.3 is 9.97 Å². The summed E-state index contributed by atoms with van der Waals surface area (Å²) >= 11 is 7.13. The summed E-state index contributed by atoms with van der Waals surface area (Å²) in [6.45, 7) is 2.09. The Morgan fingerprint density at radius 3 is 2.24 bits per heavy atom. The third kappa shape index (κ3) is 3.34. The molecule has 5 rings (SSSR count). The summed E-state index contributed by atoms with van der Waals surface area (Å²) in [5.41, 5.74) is 7.45. The average Bonchev–Trinajstić information content (AvgIpc) is 3.29. The second kappa shape index (κ2) is 7.32. The van der Waals surface area contributed by atoms with Gasteiger partial charge in [0.1, 0.15) is 5.82 Å².